The molecule has 1 aliphatic rings. The van der Waals surface area contributed by atoms with E-state index in [1.807, 2.05) is 6.07 Å². The molecular weight excluding hydrogens is 255 g/mol. The maximum Gasteiger partial charge on any atom is 0.123 e. The number of morpholine rings is 1. The van der Waals surface area contributed by atoms with E-state index in [1.54, 1.807) is 12.1 Å². The quantitative estimate of drug-likeness (QED) is 0.867. The number of halogens is 1. The monoisotopic (exact) mass is 280 g/mol. The molecule has 0 amide bonds. The van der Waals surface area contributed by atoms with E-state index in [0.717, 1.165) is 44.8 Å². The summed E-state index contributed by atoms with van der Waals surface area (Å²) >= 11 is 0. The topological polar surface area (TPSA) is 24.5 Å². The Morgan fingerprint density at radius 1 is 1.45 bits per heavy atom. The smallest absolute Gasteiger partial charge is 0.123 e. The minimum atomic E-state index is -0.186. The largest absolute Gasteiger partial charge is 0.374 e. The first-order valence-electron chi connectivity index (χ1n) is 7.57. The molecule has 0 saturated carbocycles. The predicted molar refractivity (Wildman–Crippen MR) is 79.3 cm³/mol. The highest BCUT2D eigenvalue weighted by atomic mass is 19.1. The fourth-order valence-electron chi connectivity index (χ4n) is 2.68. The fraction of sp³-hybridized carbons (Fsp3) is 0.625. The zero-order valence-corrected chi connectivity index (χ0v) is 12.4. The minimum absolute atomic E-state index is 0.0556. The molecule has 1 aromatic carbocycles. The molecule has 0 aromatic heterocycles. The van der Waals surface area contributed by atoms with E-state index < -0.39 is 0 Å². The van der Waals surface area contributed by atoms with Crippen molar-refractivity contribution in [2.24, 2.45) is 0 Å². The first kappa shape index (κ1) is 15.4. The number of hydrogen-bond donors (Lipinski definition) is 1. The van der Waals surface area contributed by atoms with Gasteiger partial charge in [-0.05, 0) is 37.2 Å². The van der Waals surface area contributed by atoms with Crippen LogP contribution in [-0.4, -0.2) is 43.8 Å². The number of benzene rings is 1. The van der Waals surface area contributed by atoms with Crippen molar-refractivity contribution in [2.45, 2.75) is 32.4 Å². The Hall–Kier alpha value is -0.970. The molecule has 2 unspecified atom stereocenters. The number of likely N-dealkylation sites (N-methyl/N-ethyl adjacent to an activating group) is 1. The van der Waals surface area contributed by atoms with E-state index in [4.69, 9.17) is 4.74 Å². The normalized spacial score (nSPS) is 21.9. The third kappa shape index (κ3) is 4.01. The van der Waals surface area contributed by atoms with Gasteiger partial charge in [0, 0.05) is 13.1 Å². The van der Waals surface area contributed by atoms with Crippen LogP contribution in [0.4, 0.5) is 4.39 Å². The van der Waals surface area contributed by atoms with Crippen LogP contribution in [0, 0.1) is 5.82 Å². The molecule has 112 valence electrons. The van der Waals surface area contributed by atoms with Gasteiger partial charge in [-0.15, -0.1) is 0 Å². The first-order valence-corrected chi connectivity index (χ1v) is 7.57. The molecule has 3 nitrogen and oxygen atoms in total. The van der Waals surface area contributed by atoms with E-state index in [9.17, 15) is 4.39 Å². The lowest BCUT2D eigenvalue weighted by Gasteiger charge is -2.37. The summed E-state index contributed by atoms with van der Waals surface area (Å²) in [6.07, 6.45) is 1.13. The van der Waals surface area contributed by atoms with Crippen molar-refractivity contribution in [1.29, 1.82) is 0 Å². The zero-order valence-electron chi connectivity index (χ0n) is 12.4. The Balaban J connectivity index is 2.14. The van der Waals surface area contributed by atoms with Crippen LogP contribution in [0.1, 0.15) is 31.9 Å². The van der Waals surface area contributed by atoms with E-state index in [-0.39, 0.29) is 18.0 Å². The number of nitrogens with one attached hydrogen (secondary N) is 1. The maximum absolute atomic E-state index is 13.5. The summed E-state index contributed by atoms with van der Waals surface area (Å²) in [6, 6.07) is 6.90. The van der Waals surface area contributed by atoms with Gasteiger partial charge in [-0.25, -0.2) is 4.39 Å². The third-order valence-corrected chi connectivity index (χ3v) is 3.82. The van der Waals surface area contributed by atoms with Crippen LogP contribution in [0.15, 0.2) is 24.3 Å². The van der Waals surface area contributed by atoms with Crippen LogP contribution in [0.5, 0.6) is 0 Å². The second-order valence-electron chi connectivity index (χ2n) is 5.29. The summed E-state index contributed by atoms with van der Waals surface area (Å²) in [4.78, 5) is 2.38. The summed E-state index contributed by atoms with van der Waals surface area (Å²) in [7, 11) is 0. The summed E-state index contributed by atoms with van der Waals surface area (Å²) in [5, 5.41) is 3.51. The van der Waals surface area contributed by atoms with Crippen molar-refractivity contribution in [2.75, 3.05) is 32.8 Å². The molecular formula is C16H25FN2O. The standard InChI is InChI=1S/C16H25FN2O/c1-3-8-18-16(13-6-5-7-14(17)11-13)15-12-19(4-2)9-10-20-15/h5-7,11,15-16,18H,3-4,8-10,12H2,1-2H3. The van der Waals surface area contributed by atoms with E-state index in [2.05, 4.69) is 24.1 Å². The highest BCUT2D eigenvalue weighted by molar-refractivity contribution is 5.21. The summed E-state index contributed by atoms with van der Waals surface area (Å²) in [5.74, 6) is -0.186. The van der Waals surface area contributed by atoms with Gasteiger partial charge in [0.25, 0.3) is 0 Å². The van der Waals surface area contributed by atoms with Crippen LogP contribution in [0.25, 0.3) is 0 Å². The predicted octanol–water partition coefficient (Wildman–Crippen LogP) is 2.59. The van der Waals surface area contributed by atoms with Gasteiger partial charge in [-0.2, -0.15) is 0 Å². The Morgan fingerprint density at radius 2 is 2.30 bits per heavy atom. The molecule has 1 N–H and O–H groups in total. The van der Waals surface area contributed by atoms with Crippen LogP contribution in [0.2, 0.25) is 0 Å². The molecule has 0 aliphatic carbocycles. The summed E-state index contributed by atoms with van der Waals surface area (Å²) in [6.45, 7) is 8.87. The molecule has 1 heterocycles. The van der Waals surface area contributed by atoms with Crippen LogP contribution >= 0.6 is 0 Å². The highest BCUT2D eigenvalue weighted by Crippen LogP contribution is 2.23. The maximum atomic E-state index is 13.5. The molecule has 0 bridgehead atoms. The van der Waals surface area contributed by atoms with Crippen molar-refractivity contribution >= 4 is 0 Å². The number of hydrogen-bond acceptors (Lipinski definition) is 3. The third-order valence-electron chi connectivity index (χ3n) is 3.82. The average molecular weight is 280 g/mol. The van der Waals surface area contributed by atoms with Gasteiger partial charge in [-0.1, -0.05) is 26.0 Å². The van der Waals surface area contributed by atoms with Crippen molar-refractivity contribution in [3.63, 3.8) is 0 Å². The van der Waals surface area contributed by atoms with Crippen LogP contribution in [-0.2, 0) is 4.74 Å². The lowest BCUT2D eigenvalue weighted by molar-refractivity contribution is -0.0456. The fourth-order valence-corrected chi connectivity index (χ4v) is 2.68. The number of nitrogens with zero attached hydrogens (tertiary/aromatic N) is 1. The summed E-state index contributed by atoms with van der Waals surface area (Å²) in [5.41, 5.74) is 0.974. The van der Waals surface area contributed by atoms with Crippen molar-refractivity contribution in [3.05, 3.63) is 35.6 Å². The molecule has 1 fully saturated rings. The first-order chi connectivity index (χ1) is 9.74. The second-order valence-corrected chi connectivity index (χ2v) is 5.29. The van der Waals surface area contributed by atoms with Crippen molar-refractivity contribution < 1.29 is 9.13 Å². The Bertz CT molecular complexity index is 413. The van der Waals surface area contributed by atoms with Gasteiger partial charge in [0.1, 0.15) is 5.82 Å². The van der Waals surface area contributed by atoms with E-state index in [1.165, 1.54) is 6.07 Å². The second kappa shape index (κ2) is 7.72. The number of ether oxygens (including phenoxy) is 1. The Kier molecular flexibility index (Phi) is 5.95. The molecule has 20 heavy (non-hydrogen) atoms. The van der Waals surface area contributed by atoms with Crippen molar-refractivity contribution in [3.8, 4) is 0 Å². The molecule has 1 aromatic rings. The molecule has 2 rings (SSSR count). The van der Waals surface area contributed by atoms with Gasteiger partial charge >= 0.3 is 0 Å². The van der Waals surface area contributed by atoms with Gasteiger partial charge in [0.15, 0.2) is 0 Å². The van der Waals surface area contributed by atoms with Gasteiger partial charge < -0.3 is 10.1 Å². The molecule has 0 spiro atoms. The molecule has 1 saturated heterocycles. The lowest BCUT2D eigenvalue weighted by atomic mass is 9.99. The Morgan fingerprint density at radius 3 is 3.00 bits per heavy atom. The van der Waals surface area contributed by atoms with E-state index in [0.29, 0.717) is 0 Å². The highest BCUT2D eigenvalue weighted by Gasteiger charge is 2.28. The van der Waals surface area contributed by atoms with Gasteiger partial charge in [0.2, 0.25) is 0 Å². The van der Waals surface area contributed by atoms with Gasteiger partial charge in [0.05, 0.1) is 18.8 Å². The minimum Gasteiger partial charge on any atom is -0.374 e. The van der Waals surface area contributed by atoms with E-state index >= 15 is 0 Å². The number of rotatable bonds is 6. The SMILES string of the molecule is CCCNC(c1cccc(F)c1)C1CN(CC)CCO1. The average Bonchev–Trinajstić information content (AvgIpc) is 2.48. The molecule has 4 heteroatoms. The molecule has 1 aliphatic heterocycles. The zero-order chi connectivity index (χ0) is 14.4. The summed E-state index contributed by atoms with van der Waals surface area (Å²) < 4.78 is 19.4. The lowest BCUT2D eigenvalue weighted by Crippen LogP contribution is -2.48. The Labute approximate surface area is 121 Å². The molecule has 2 atom stereocenters. The van der Waals surface area contributed by atoms with Gasteiger partial charge in [-0.3, -0.25) is 4.90 Å². The van der Waals surface area contributed by atoms with Crippen LogP contribution < -0.4 is 5.32 Å². The molecule has 0 radical (unpaired) electrons. The van der Waals surface area contributed by atoms with Crippen LogP contribution in [0.3, 0.4) is 0 Å². The van der Waals surface area contributed by atoms with Crippen molar-refractivity contribution in [1.82, 2.24) is 10.2 Å².